The predicted molar refractivity (Wildman–Crippen MR) is 35.3 cm³/mol. The molecule has 1 rings (SSSR count). The van der Waals surface area contributed by atoms with Crippen molar-refractivity contribution in [3.8, 4) is 0 Å². The fourth-order valence-electron chi connectivity index (χ4n) is 0.710. The van der Waals surface area contributed by atoms with E-state index in [1.807, 2.05) is 0 Å². The van der Waals surface area contributed by atoms with Gasteiger partial charge in [-0.15, -0.1) is 0 Å². The highest BCUT2D eigenvalue weighted by molar-refractivity contribution is 6.07. The molecule has 0 fully saturated rings. The summed E-state index contributed by atoms with van der Waals surface area (Å²) in [6, 6.07) is 0. The monoisotopic (exact) mass is 124 g/mol. The van der Waals surface area contributed by atoms with Crippen LogP contribution in [0, 0.1) is 5.41 Å². The Morgan fingerprint density at radius 3 is 2.67 bits per heavy atom. The molecule has 0 bridgehead atoms. The molecule has 0 radical (unpaired) electrons. The van der Waals surface area contributed by atoms with Crippen LogP contribution in [0.4, 0.5) is 0 Å². The van der Waals surface area contributed by atoms with Crippen LogP contribution in [0.15, 0.2) is 17.3 Å². The van der Waals surface area contributed by atoms with Gasteiger partial charge in [0.2, 0.25) is 0 Å². The maximum Gasteiger partial charge on any atom is 0.0800 e. The Bertz CT molecular complexity index is 181. The lowest BCUT2D eigenvalue weighted by Crippen LogP contribution is -2.05. The van der Waals surface area contributed by atoms with E-state index in [4.69, 9.17) is 10.6 Å². The SMILES string of the molecule is N=C1C=CC(=NO)CC1. The van der Waals surface area contributed by atoms with E-state index in [1.165, 1.54) is 0 Å². The molecule has 0 aromatic carbocycles. The van der Waals surface area contributed by atoms with Crippen molar-refractivity contribution in [3.05, 3.63) is 12.2 Å². The van der Waals surface area contributed by atoms with Crippen molar-refractivity contribution in [2.45, 2.75) is 12.8 Å². The zero-order valence-electron chi connectivity index (χ0n) is 4.96. The second-order valence-corrected chi connectivity index (χ2v) is 1.95. The molecule has 1 aliphatic carbocycles. The minimum absolute atomic E-state index is 0.599. The van der Waals surface area contributed by atoms with Crippen molar-refractivity contribution in [1.29, 1.82) is 5.41 Å². The van der Waals surface area contributed by atoms with Gasteiger partial charge in [-0.1, -0.05) is 5.16 Å². The van der Waals surface area contributed by atoms with Crippen molar-refractivity contribution in [1.82, 2.24) is 0 Å². The van der Waals surface area contributed by atoms with Crippen molar-refractivity contribution in [2.24, 2.45) is 5.16 Å². The summed E-state index contributed by atoms with van der Waals surface area (Å²) in [5.74, 6) is 0. The molecular formula is C6H8N2O. The van der Waals surface area contributed by atoms with E-state index in [1.54, 1.807) is 12.2 Å². The van der Waals surface area contributed by atoms with Crippen LogP contribution in [0.2, 0.25) is 0 Å². The fraction of sp³-hybridized carbons (Fsp3) is 0.333. The van der Waals surface area contributed by atoms with E-state index in [9.17, 15) is 0 Å². The fourth-order valence-corrected chi connectivity index (χ4v) is 0.710. The average Bonchev–Trinajstić information content (AvgIpc) is 1.90. The Balaban J connectivity index is 2.69. The molecule has 2 N–H and O–H groups in total. The molecule has 0 amide bonds. The van der Waals surface area contributed by atoms with E-state index >= 15 is 0 Å². The van der Waals surface area contributed by atoms with Crippen LogP contribution < -0.4 is 0 Å². The molecule has 0 saturated carbocycles. The Labute approximate surface area is 53.2 Å². The van der Waals surface area contributed by atoms with Gasteiger partial charge < -0.3 is 10.6 Å². The highest BCUT2D eigenvalue weighted by Gasteiger charge is 2.03. The third kappa shape index (κ3) is 1.38. The van der Waals surface area contributed by atoms with Gasteiger partial charge in [0.25, 0.3) is 0 Å². The number of rotatable bonds is 0. The van der Waals surface area contributed by atoms with Gasteiger partial charge in [-0.25, -0.2) is 0 Å². The molecule has 1 aliphatic rings. The van der Waals surface area contributed by atoms with E-state index in [0.717, 1.165) is 0 Å². The minimum atomic E-state index is 0.599. The molecule has 0 aromatic heterocycles. The lowest BCUT2D eigenvalue weighted by Gasteiger charge is -2.03. The first-order valence-electron chi connectivity index (χ1n) is 2.79. The summed E-state index contributed by atoms with van der Waals surface area (Å²) in [4.78, 5) is 0. The Hall–Kier alpha value is -1.12. The van der Waals surface area contributed by atoms with Crippen LogP contribution in [0.25, 0.3) is 0 Å². The number of hydrogen-bond acceptors (Lipinski definition) is 3. The molecule has 0 atom stereocenters. The van der Waals surface area contributed by atoms with Crippen LogP contribution >= 0.6 is 0 Å². The molecule has 9 heavy (non-hydrogen) atoms. The van der Waals surface area contributed by atoms with Crippen LogP contribution in [0.1, 0.15) is 12.8 Å². The summed E-state index contributed by atoms with van der Waals surface area (Å²) in [6.45, 7) is 0. The number of oxime groups is 1. The lowest BCUT2D eigenvalue weighted by atomic mass is 10.0. The topological polar surface area (TPSA) is 56.4 Å². The number of nitrogens with zero attached hydrogens (tertiary/aromatic N) is 1. The maximum absolute atomic E-state index is 8.24. The predicted octanol–water partition coefficient (Wildman–Crippen LogP) is 1.19. The first-order chi connectivity index (χ1) is 4.33. The quantitative estimate of drug-likeness (QED) is 0.370. The average molecular weight is 124 g/mol. The third-order valence-electron chi connectivity index (χ3n) is 1.26. The Morgan fingerprint density at radius 2 is 2.22 bits per heavy atom. The molecule has 3 nitrogen and oxygen atoms in total. The highest BCUT2D eigenvalue weighted by atomic mass is 16.4. The zero-order valence-corrected chi connectivity index (χ0v) is 4.96. The van der Waals surface area contributed by atoms with Gasteiger partial charge in [0, 0.05) is 5.71 Å². The van der Waals surface area contributed by atoms with Crippen LogP contribution in [-0.4, -0.2) is 16.6 Å². The minimum Gasteiger partial charge on any atom is -0.411 e. The second-order valence-electron chi connectivity index (χ2n) is 1.95. The standard InChI is InChI=1S/C6H8N2O/c7-5-1-3-6(8-9)4-2-5/h1,3,7,9H,2,4H2. The summed E-state index contributed by atoms with van der Waals surface area (Å²) in [6.07, 6.45) is 4.69. The van der Waals surface area contributed by atoms with Crippen LogP contribution in [0.3, 0.4) is 0 Å². The number of nitrogens with one attached hydrogen (secondary N) is 1. The second kappa shape index (κ2) is 2.44. The number of allylic oxidation sites excluding steroid dienone is 2. The first kappa shape index (κ1) is 6.01. The summed E-state index contributed by atoms with van der Waals surface area (Å²) in [5, 5.41) is 18.4. The van der Waals surface area contributed by atoms with E-state index in [0.29, 0.717) is 24.3 Å². The molecule has 0 unspecified atom stereocenters. The van der Waals surface area contributed by atoms with Gasteiger partial charge in [0.1, 0.15) is 0 Å². The Kier molecular flexibility index (Phi) is 1.63. The summed E-state index contributed by atoms with van der Waals surface area (Å²) >= 11 is 0. The van der Waals surface area contributed by atoms with Gasteiger partial charge in [-0.2, -0.15) is 0 Å². The Morgan fingerprint density at radius 1 is 1.44 bits per heavy atom. The van der Waals surface area contributed by atoms with E-state index in [-0.39, 0.29) is 0 Å². The number of hydrogen-bond donors (Lipinski definition) is 2. The molecular weight excluding hydrogens is 116 g/mol. The molecule has 48 valence electrons. The van der Waals surface area contributed by atoms with Gasteiger partial charge >= 0.3 is 0 Å². The summed E-state index contributed by atoms with van der Waals surface area (Å²) in [5.41, 5.74) is 1.26. The van der Waals surface area contributed by atoms with Crippen molar-refractivity contribution >= 4 is 11.4 Å². The molecule has 0 aromatic rings. The zero-order chi connectivity index (χ0) is 6.69. The molecule has 0 saturated heterocycles. The van der Waals surface area contributed by atoms with Crippen LogP contribution in [-0.2, 0) is 0 Å². The smallest absolute Gasteiger partial charge is 0.0800 e. The van der Waals surface area contributed by atoms with Crippen molar-refractivity contribution < 1.29 is 5.21 Å². The summed E-state index contributed by atoms with van der Waals surface area (Å²) < 4.78 is 0. The largest absolute Gasteiger partial charge is 0.411 e. The normalized spacial score (nSPS) is 23.1. The molecule has 0 heterocycles. The maximum atomic E-state index is 8.24. The molecule has 3 heteroatoms. The van der Waals surface area contributed by atoms with Gasteiger partial charge in [0.05, 0.1) is 5.71 Å². The van der Waals surface area contributed by atoms with Crippen molar-refractivity contribution in [2.75, 3.05) is 0 Å². The van der Waals surface area contributed by atoms with E-state index in [2.05, 4.69) is 5.16 Å². The lowest BCUT2D eigenvalue weighted by molar-refractivity contribution is 0.318. The van der Waals surface area contributed by atoms with Crippen LogP contribution in [0.5, 0.6) is 0 Å². The van der Waals surface area contributed by atoms with Crippen molar-refractivity contribution in [3.63, 3.8) is 0 Å². The van der Waals surface area contributed by atoms with Gasteiger partial charge in [-0.3, -0.25) is 0 Å². The molecule has 0 spiro atoms. The third-order valence-corrected chi connectivity index (χ3v) is 1.26. The summed E-state index contributed by atoms with van der Waals surface area (Å²) in [7, 11) is 0. The molecule has 0 aliphatic heterocycles. The van der Waals surface area contributed by atoms with E-state index < -0.39 is 0 Å². The highest BCUT2D eigenvalue weighted by Crippen LogP contribution is 2.03. The van der Waals surface area contributed by atoms with Gasteiger partial charge in [0.15, 0.2) is 0 Å². The first-order valence-corrected chi connectivity index (χ1v) is 2.79. The van der Waals surface area contributed by atoms with Gasteiger partial charge in [-0.05, 0) is 25.0 Å².